The van der Waals surface area contributed by atoms with Crippen molar-refractivity contribution in [3.63, 3.8) is 0 Å². The molecule has 68 heavy (non-hydrogen) atoms. The van der Waals surface area contributed by atoms with Crippen molar-refractivity contribution in [3.05, 3.63) is 233 Å². The standard InChI is InChI=1S/C64H52N4/c1-42-18-16-19-45-32-35-51-43(2)38-55-52-25-10-15-30-60(52)68(50-34-37-63-57(41-50)54-27-12-14-29-59(54)67(63)48-23-8-5-9-24-48)61(55)31-17-20-46(51)39-44(3)65(64(42)45)49-33-36-62-56(40-49)53-26-11-13-28-58(53)66(62)47-21-6-4-7-22-47/h4-16,19,21-43H,17-18,20H2,1-3H3/b35-32?,44-39?,51-46?,55-38-,61-31+/t42-,43?/m1/s1. The monoisotopic (exact) mass is 876 g/mol. The van der Waals surface area contributed by atoms with Gasteiger partial charge in [-0.05, 0) is 128 Å². The molecule has 0 aliphatic heterocycles. The van der Waals surface area contributed by atoms with Crippen molar-refractivity contribution in [1.82, 2.24) is 18.3 Å². The number of hydrogen-bond acceptors (Lipinski definition) is 0. The maximum absolute atomic E-state index is 2.57. The van der Waals surface area contributed by atoms with Crippen LogP contribution in [-0.4, -0.2) is 18.3 Å². The Morgan fingerprint density at radius 1 is 0.456 bits per heavy atom. The topological polar surface area (TPSA) is 19.7 Å². The Labute approximate surface area is 396 Å². The van der Waals surface area contributed by atoms with E-state index in [0.717, 1.165) is 19.3 Å². The van der Waals surface area contributed by atoms with Crippen molar-refractivity contribution >= 4 is 72.7 Å². The molecule has 0 saturated heterocycles. The van der Waals surface area contributed by atoms with Crippen LogP contribution in [0.15, 0.2) is 194 Å². The summed E-state index contributed by atoms with van der Waals surface area (Å²) < 4.78 is 9.90. The fourth-order valence-electron chi connectivity index (χ4n) is 11.8. The second-order valence-corrected chi connectivity index (χ2v) is 18.9. The molecule has 2 atom stereocenters. The summed E-state index contributed by atoms with van der Waals surface area (Å²) in [4.78, 5) is 0. The zero-order valence-corrected chi connectivity index (χ0v) is 38.8. The predicted molar refractivity (Wildman–Crippen MR) is 287 cm³/mol. The quantitative estimate of drug-likeness (QED) is 0.168. The Kier molecular flexibility index (Phi) is 9.50. The highest BCUT2D eigenvalue weighted by Crippen LogP contribution is 2.38. The number of rotatable bonds is 4. The van der Waals surface area contributed by atoms with Crippen molar-refractivity contribution < 1.29 is 0 Å². The average molecular weight is 877 g/mol. The van der Waals surface area contributed by atoms with Crippen LogP contribution in [0, 0.1) is 6.92 Å². The number of aromatic nitrogens is 4. The maximum atomic E-state index is 2.57. The van der Waals surface area contributed by atoms with Gasteiger partial charge in [-0.25, -0.2) is 0 Å². The molecule has 0 bridgehead atoms. The van der Waals surface area contributed by atoms with Crippen LogP contribution in [0.25, 0.3) is 95.5 Å². The van der Waals surface area contributed by atoms with Gasteiger partial charge in [0.1, 0.15) is 0 Å². The molecule has 0 saturated carbocycles. The van der Waals surface area contributed by atoms with Crippen LogP contribution in [0.2, 0.25) is 0 Å². The first-order valence-electron chi connectivity index (χ1n) is 24.3. The fourth-order valence-corrected chi connectivity index (χ4v) is 11.8. The zero-order chi connectivity index (χ0) is 45.5. The third kappa shape index (κ3) is 6.35. The summed E-state index contributed by atoms with van der Waals surface area (Å²) in [6.45, 7) is 7.12. The summed E-state index contributed by atoms with van der Waals surface area (Å²) in [5, 5.41) is 8.89. The van der Waals surface area contributed by atoms with Gasteiger partial charge in [0, 0.05) is 83.5 Å². The first-order valence-corrected chi connectivity index (χ1v) is 24.3. The van der Waals surface area contributed by atoms with Crippen LogP contribution in [0.1, 0.15) is 66.6 Å². The minimum atomic E-state index is 0.155. The van der Waals surface area contributed by atoms with E-state index in [1.54, 1.807) is 0 Å². The molecule has 328 valence electrons. The highest BCUT2D eigenvalue weighted by molar-refractivity contribution is 6.11. The van der Waals surface area contributed by atoms with Gasteiger partial charge in [0.25, 0.3) is 0 Å². The SMILES string of the molecule is Cc1cc2c(ccc3c(n1-c1ccc4c(c1)c1ccccc1n4-c1ccccc1)[C@H](C)CC=C3)C(C)/C=c1\c(n(-c3ccc4c(c3)c3ccccc3n4-c3ccccc3)c3ccccc13)=C/CC2. The minimum absolute atomic E-state index is 0.155. The molecule has 7 aromatic carbocycles. The van der Waals surface area contributed by atoms with E-state index in [2.05, 4.69) is 251 Å². The summed E-state index contributed by atoms with van der Waals surface area (Å²) in [5.41, 5.74) is 17.5. The Morgan fingerprint density at radius 2 is 0.985 bits per heavy atom. The second kappa shape index (κ2) is 16.1. The number of hydrogen-bond donors (Lipinski definition) is 0. The lowest BCUT2D eigenvalue weighted by Gasteiger charge is -2.24. The Bertz CT molecular complexity index is 4040. The van der Waals surface area contributed by atoms with Crippen LogP contribution in [0.3, 0.4) is 0 Å². The lowest BCUT2D eigenvalue weighted by Crippen LogP contribution is -2.29. The van der Waals surface area contributed by atoms with Crippen LogP contribution >= 0.6 is 0 Å². The molecule has 11 aromatic rings. The smallest absolute Gasteiger partial charge is 0.0542 e. The molecule has 4 heterocycles. The third-order valence-corrected chi connectivity index (χ3v) is 14.8. The zero-order valence-electron chi connectivity index (χ0n) is 38.8. The number of allylic oxidation sites excluding steroid dienone is 1. The highest BCUT2D eigenvalue weighted by Gasteiger charge is 2.22. The van der Waals surface area contributed by atoms with E-state index in [0.29, 0.717) is 5.92 Å². The van der Waals surface area contributed by atoms with Gasteiger partial charge in [-0.15, -0.1) is 0 Å². The normalized spacial score (nSPS) is 16.6. The Hall–Kier alpha value is -8.08. The lowest BCUT2D eigenvalue weighted by atomic mass is 9.92. The molecule has 4 aromatic heterocycles. The van der Waals surface area contributed by atoms with Gasteiger partial charge in [0.2, 0.25) is 0 Å². The van der Waals surface area contributed by atoms with E-state index >= 15 is 0 Å². The van der Waals surface area contributed by atoms with Crippen molar-refractivity contribution in [1.29, 1.82) is 0 Å². The van der Waals surface area contributed by atoms with E-state index in [4.69, 9.17) is 0 Å². The average Bonchev–Trinajstić information content (AvgIpc) is 4.02. The first kappa shape index (κ1) is 40.2. The van der Waals surface area contributed by atoms with Crippen molar-refractivity contribution in [3.8, 4) is 22.7 Å². The molecule has 4 nitrogen and oxygen atoms in total. The molecular formula is C64H52N4. The number of nitrogens with zero attached hydrogens (tertiary/aromatic N) is 4. The first-order chi connectivity index (χ1) is 33.5. The van der Waals surface area contributed by atoms with Crippen LogP contribution in [0.5, 0.6) is 0 Å². The van der Waals surface area contributed by atoms with Gasteiger partial charge in [-0.3, -0.25) is 0 Å². The summed E-state index contributed by atoms with van der Waals surface area (Å²) >= 11 is 0. The minimum Gasteiger partial charge on any atom is -0.317 e. The van der Waals surface area contributed by atoms with E-state index in [1.165, 1.54) is 116 Å². The van der Waals surface area contributed by atoms with E-state index < -0.39 is 0 Å². The largest absolute Gasteiger partial charge is 0.317 e. The molecule has 2 aliphatic rings. The third-order valence-electron chi connectivity index (χ3n) is 14.8. The summed E-state index contributed by atoms with van der Waals surface area (Å²) in [7, 11) is 0. The van der Waals surface area contributed by atoms with Gasteiger partial charge >= 0.3 is 0 Å². The van der Waals surface area contributed by atoms with Gasteiger partial charge < -0.3 is 18.3 Å². The summed E-state index contributed by atoms with van der Waals surface area (Å²) in [6.07, 6.45) is 12.6. The summed E-state index contributed by atoms with van der Waals surface area (Å²) in [5.74, 6) is 0.496. The van der Waals surface area contributed by atoms with E-state index in [1.807, 2.05) is 0 Å². The lowest BCUT2D eigenvalue weighted by molar-refractivity contribution is 0.701. The number of para-hydroxylation sites is 5. The van der Waals surface area contributed by atoms with Crippen LogP contribution < -0.4 is 10.6 Å². The maximum Gasteiger partial charge on any atom is 0.0542 e. The Balaban J connectivity index is 0.998. The Morgan fingerprint density at radius 3 is 1.60 bits per heavy atom. The van der Waals surface area contributed by atoms with E-state index in [9.17, 15) is 0 Å². The number of fused-ring (bicyclic) bond motifs is 11. The van der Waals surface area contributed by atoms with Crippen molar-refractivity contribution in [2.45, 2.75) is 51.9 Å². The molecule has 0 fully saturated rings. The molecule has 0 amide bonds. The molecule has 13 rings (SSSR count). The molecule has 0 N–H and O–H groups in total. The predicted octanol–water partition coefficient (Wildman–Crippen LogP) is 14.9. The molecule has 2 aliphatic carbocycles. The highest BCUT2D eigenvalue weighted by atomic mass is 15.0. The summed E-state index contributed by atoms with van der Waals surface area (Å²) in [6, 6.07) is 69.7. The van der Waals surface area contributed by atoms with Gasteiger partial charge in [0.05, 0.1) is 27.6 Å². The molecule has 1 unspecified atom stereocenters. The van der Waals surface area contributed by atoms with Crippen molar-refractivity contribution in [2.75, 3.05) is 0 Å². The number of benzene rings is 7. The van der Waals surface area contributed by atoms with Gasteiger partial charge in [0.15, 0.2) is 0 Å². The molecule has 4 heteroatoms. The van der Waals surface area contributed by atoms with Crippen LogP contribution in [0.4, 0.5) is 0 Å². The fraction of sp³-hybridized carbons (Fsp3) is 0.125. The van der Waals surface area contributed by atoms with Crippen LogP contribution in [-0.2, 0) is 6.42 Å². The number of aryl methyl sites for hydroxylation is 2. The molecule has 0 spiro atoms. The van der Waals surface area contributed by atoms with Gasteiger partial charge in [-0.1, -0.05) is 141 Å². The molecule has 0 radical (unpaired) electrons. The van der Waals surface area contributed by atoms with E-state index in [-0.39, 0.29) is 5.92 Å². The second-order valence-electron chi connectivity index (χ2n) is 18.9. The van der Waals surface area contributed by atoms with Crippen molar-refractivity contribution in [2.24, 2.45) is 0 Å². The molecular weight excluding hydrogens is 825 g/mol. The van der Waals surface area contributed by atoms with Gasteiger partial charge in [-0.2, -0.15) is 0 Å².